The van der Waals surface area contributed by atoms with Crippen LogP contribution in [0, 0.1) is 5.92 Å². The Morgan fingerprint density at radius 3 is 2.37 bits per heavy atom. The van der Waals surface area contributed by atoms with Gasteiger partial charge in [-0.1, -0.05) is 36.4 Å². The largest absolute Gasteiger partial charge is 0.465 e. The van der Waals surface area contributed by atoms with E-state index in [2.05, 4.69) is 0 Å². The van der Waals surface area contributed by atoms with Crippen molar-refractivity contribution in [1.82, 2.24) is 0 Å². The van der Waals surface area contributed by atoms with Crippen molar-refractivity contribution in [2.75, 3.05) is 6.61 Å². The SMILES string of the molecule is CCOC(=O)C(C(C)=O)C(=O)/C=C/c1ccccc1. The number of carbonyl (C=O) groups excluding carboxylic acids is 3. The molecule has 0 aliphatic rings. The highest BCUT2D eigenvalue weighted by molar-refractivity contribution is 6.20. The van der Waals surface area contributed by atoms with Crippen LogP contribution in [0.4, 0.5) is 0 Å². The van der Waals surface area contributed by atoms with Gasteiger partial charge in [-0.15, -0.1) is 0 Å². The van der Waals surface area contributed by atoms with Crippen molar-refractivity contribution in [3.8, 4) is 0 Å². The Balaban J connectivity index is 2.81. The summed E-state index contributed by atoms with van der Waals surface area (Å²) in [7, 11) is 0. The van der Waals surface area contributed by atoms with Gasteiger partial charge in [-0.3, -0.25) is 14.4 Å². The van der Waals surface area contributed by atoms with Crippen LogP contribution in [0.3, 0.4) is 0 Å². The second kappa shape index (κ2) is 7.26. The molecule has 0 fully saturated rings. The lowest BCUT2D eigenvalue weighted by Crippen LogP contribution is -2.30. The number of Topliss-reactive ketones (excluding diaryl/α,β-unsaturated/α-hetero) is 1. The first-order chi connectivity index (χ1) is 9.06. The van der Waals surface area contributed by atoms with Crippen LogP contribution in [-0.4, -0.2) is 24.1 Å². The fourth-order valence-corrected chi connectivity index (χ4v) is 1.55. The lowest BCUT2D eigenvalue weighted by Gasteiger charge is -2.08. The van der Waals surface area contributed by atoms with Crippen LogP contribution >= 0.6 is 0 Å². The Morgan fingerprint density at radius 1 is 1.21 bits per heavy atom. The van der Waals surface area contributed by atoms with E-state index < -0.39 is 23.5 Å². The van der Waals surface area contributed by atoms with E-state index in [4.69, 9.17) is 4.74 Å². The number of hydrogen-bond donors (Lipinski definition) is 0. The molecule has 1 aromatic carbocycles. The van der Waals surface area contributed by atoms with Crippen molar-refractivity contribution < 1.29 is 19.1 Å². The van der Waals surface area contributed by atoms with Gasteiger partial charge in [-0.25, -0.2) is 0 Å². The van der Waals surface area contributed by atoms with Gasteiger partial charge in [0.1, 0.15) is 0 Å². The lowest BCUT2D eigenvalue weighted by atomic mass is 9.99. The van der Waals surface area contributed by atoms with Crippen LogP contribution in [0.2, 0.25) is 0 Å². The number of esters is 1. The number of carbonyl (C=O) groups is 3. The second-order valence-electron chi connectivity index (χ2n) is 3.94. The minimum Gasteiger partial charge on any atom is -0.465 e. The number of rotatable bonds is 6. The van der Waals surface area contributed by atoms with Crippen LogP contribution in [0.25, 0.3) is 6.08 Å². The van der Waals surface area contributed by atoms with Crippen molar-refractivity contribution in [2.45, 2.75) is 13.8 Å². The van der Waals surface area contributed by atoms with Gasteiger partial charge in [0, 0.05) is 0 Å². The summed E-state index contributed by atoms with van der Waals surface area (Å²) >= 11 is 0. The molecular formula is C15H16O4. The molecule has 0 N–H and O–H groups in total. The molecule has 100 valence electrons. The lowest BCUT2D eigenvalue weighted by molar-refractivity contribution is -0.153. The molecule has 0 heterocycles. The van der Waals surface area contributed by atoms with Gasteiger partial charge in [0.25, 0.3) is 0 Å². The van der Waals surface area contributed by atoms with E-state index in [0.29, 0.717) is 0 Å². The highest BCUT2D eigenvalue weighted by Crippen LogP contribution is 2.08. The molecule has 0 aliphatic heterocycles. The third-order valence-electron chi connectivity index (χ3n) is 2.45. The summed E-state index contributed by atoms with van der Waals surface area (Å²) in [4.78, 5) is 34.8. The van der Waals surface area contributed by atoms with E-state index in [1.165, 1.54) is 13.0 Å². The third kappa shape index (κ3) is 4.50. The van der Waals surface area contributed by atoms with Crippen molar-refractivity contribution in [1.29, 1.82) is 0 Å². The van der Waals surface area contributed by atoms with Gasteiger partial charge in [-0.05, 0) is 25.5 Å². The van der Waals surface area contributed by atoms with Gasteiger partial charge in [-0.2, -0.15) is 0 Å². The Morgan fingerprint density at radius 2 is 1.84 bits per heavy atom. The molecule has 0 bridgehead atoms. The van der Waals surface area contributed by atoms with Gasteiger partial charge in [0.15, 0.2) is 17.5 Å². The van der Waals surface area contributed by atoms with Crippen molar-refractivity contribution in [3.05, 3.63) is 42.0 Å². The van der Waals surface area contributed by atoms with Crippen LogP contribution in [0.5, 0.6) is 0 Å². The number of hydrogen-bond acceptors (Lipinski definition) is 4. The molecule has 19 heavy (non-hydrogen) atoms. The zero-order valence-electron chi connectivity index (χ0n) is 11.0. The molecular weight excluding hydrogens is 244 g/mol. The van der Waals surface area contributed by atoms with Crippen molar-refractivity contribution >= 4 is 23.6 Å². The number of benzene rings is 1. The minimum absolute atomic E-state index is 0.137. The Kier molecular flexibility index (Phi) is 5.67. The first kappa shape index (κ1) is 14.8. The molecule has 0 aliphatic carbocycles. The Bertz CT molecular complexity index is 488. The van der Waals surface area contributed by atoms with Crippen molar-refractivity contribution in [2.24, 2.45) is 5.92 Å². The van der Waals surface area contributed by atoms with Crippen molar-refractivity contribution in [3.63, 3.8) is 0 Å². The van der Waals surface area contributed by atoms with E-state index in [-0.39, 0.29) is 6.61 Å². The highest BCUT2D eigenvalue weighted by Gasteiger charge is 2.30. The number of allylic oxidation sites excluding steroid dienone is 1. The van der Waals surface area contributed by atoms with Crippen LogP contribution in [-0.2, 0) is 19.1 Å². The molecule has 0 radical (unpaired) electrons. The highest BCUT2D eigenvalue weighted by atomic mass is 16.5. The van der Waals surface area contributed by atoms with E-state index in [0.717, 1.165) is 5.56 Å². The minimum atomic E-state index is -1.36. The summed E-state index contributed by atoms with van der Waals surface area (Å²) in [5, 5.41) is 0. The smallest absolute Gasteiger partial charge is 0.324 e. The Labute approximate surface area is 112 Å². The van der Waals surface area contributed by atoms with E-state index in [9.17, 15) is 14.4 Å². The van der Waals surface area contributed by atoms with E-state index >= 15 is 0 Å². The van der Waals surface area contributed by atoms with E-state index in [1.54, 1.807) is 13.0 Å². The molecule has 0 spiro atoms. The van der Waals surface area contributed by atoms with E-state index in [1.807, 2.05) is 30.3 Å². The molecule has 1 atom stereocenters. The summed E-state index contributed by atoms with van der Waals surface area (Å²) in [6, 6.07) is 9.15. The van der Waals surface area contributed by atoms with Gasteiger partial charge in [0.2, 0.25) is 0 Å². The number of ketones is 2. The summed E-state index contributed by atoms with van der Waals surface area (Å²) < 4.78 is 4.72. The molecule has 1 rings (SSSR count). The molecule has 0 amide bonds. The van der Waals surface area contributed by atoms with Crippen LogP contribution < -0.4 is 0 Å². The Hall–Kier alpha value is -2.23. The molecule has 1 aromatic rings. The fraction of sp³-hybridized carbons (Fsp3) is 0.267. The van der Waals surface area contributed by atoms with Crippen LogP contribution in [0.15, 0.2) is 36.4 Å². The maximum absolute atomic E-state index is 11.9. The second-order valence-corrected chi connectivity index (χ2v) is 3.94. The quantitative estimate of drug-likeness (QED) is 0.446. The van der Waals surface area contributed by atoms with Gasteiger partial charge < -0.3 is 4.74 Å². The molecule has 0 saturated carbocycles. The van der Waals surface area contributed by atoms with Crippen LogP contribution in [0.1, 0.15) is 19.4 Å². The zero-order chi connectivity index (χ0) is 14.3. The normalized spacial score (nSPS) is 12.1. The average molecular weight is 260 g/mol. The predicted octanol–water partition coefficient (Wildman–Crippen LogP) is 2.04. The molecule has 0 aromatic heterocycles. The average Bonchev–Trinajstić information content (AvgIpc) is 2.37. The summed E-state index contributed by atoms with van der Waals surface area (Å²) in [5.74, 6) is -3.23. The molecule has 1 unspecified atom stereocenters. The zero-order valence-corrected chi connectivity index (χ0v) is 11.0. The maximum atomic E-state index is 11.9. The topological polar surface area (TPSA) is 60.4 Å². The van der Waals surface area contributed by atoms with Gasteiger partial charge >= 0.3 is 5.97 Å². The van der Waals surface area contributed by atoms with Gasteiger partial charge in [0.05, 0.1) is 6.61 Å². The predicted molar refractivity (Wildman–Crippen MR) is 71.3 cm³/mol. The molecule has 4 nitrogen and oxygen atoms in total. The summed E-state index contributed by atoms with van der Waals surface area (Å²) in [5.41, 5.74) is 0.821. The first-order valence-corrected chi connectivity index (χ1v) is 6.00. The standard InChI is InChI=1S/C15H16O4/c1-3-19-15(18)14(11(2)16)13(17)10-9-12-7-5-4-6-8-12/h4-10,14H,3H2,1-2H3/b10-9+. The maximum Gasteiger partial charge on any atom is 0.324 e. The number of ether oxygens (including phenoxy) is 1. The summed E-state index contributed by atoms with van der Waals surface area (Å²) in [6.45, 7) is 2.97. The summed E-state index contributed by atoms with van der Waals surface area (Å²) in [6.07, 6.45) is 2.80. The molecule has 0 saturated heterocycles. The monoisotopic (exact) mass is 260 g/mol. The third-order valence-corrected chi connectivity index (χ3v) is 2.45. The first-order valence-electron chi connectivity index (χ1n) is 6.00. The fourth-order valence-electron chi connectivity index (χ4n) is 1.55. The molecule has 4 heteroatoms.